The molecule has 29 heavy (non-hydrogen) atoms. The molecule has 1 aliphatic rings. The lowest BCUT2D eigenvalue weighted by Gasteiger charge is -2.33. The molecule has 4 aromatic heterocycles. The Morgan fingerprint density at radius 1 is 1.17 bits per heavy atom. The molecule has 0 saturated carbocycles. The number of anilines is 1. The Balaban J connectivity index is 1.47. The van der Waals surface area contributed by atoms with Crippen LogP contribution >= 0.6 is 0 Å². The fraction of sp³-hybridized carbons (Fsp3) is 0.263. The number of aromatic amines is 1. The van der Waals surface area contributed by atoms with E-state index in [1.54, 1.807) is 18.6 Å². The highest BCUT2D eigenvalue weighted by molar-refractivity contribution is 5.66. The van der Waals surface area contributed by atoms with Gasteiger partial charge in [0.15, 0.2) is 5.65 Å². The fourth-order valence-electron chi connectivity index (χ4n) is 3.45. The van der Waals surface area contributed by atoms with E-state index >= 15 is 0 Å². The maximum atomic E-state index is 13.1. The third kappa shape index (κ3) is 3.31. The fourth-order valence-corrected chi connectivity index (χ4v) is 3.45. The summed E-state index contributed by atoms with van der Waals surface area (Å²) >= 11 is 0. The molecular formula is C19H17F2N7O. The number of rotatable bonds is 4. The first-order valence-corrected chi connectivity index (χ1v) is 9.13. The van der Waals surface area contributed by atoms with E-state index in [-0.39, 0.29) is 11.8 Å². The maximum Gasteiger partial charge on any atom is 0.282 e. The van der Waals surface area contributed by atoms with E-state index in [0.717, 1.165) is 16.9 Å². The molecule has 1 aliphatic heterocycles. The standard InChI is InChI=1S/C19H17F2N7O/c20-19(21)14-1-2-17-23-10-15(28(17)26-14)12-3-4-22-18(7-12)27-5-6-29-16(11-27)13-8-24-25-9-13/h1-4,7-10,16,19H,5-6,11H2,(H,24,25). The van der Waals surface area contributed by atoms with Crippen LogP contribution in [-0.2, 0) is 4.74 Å². The van der Waals surface area contributed by atoms with E-state index in [1.165, 1.54) is 16.6 Å². The summed E-state index contributed by atoms with van der Waals surface area (Å²) in [6.45, 7) is 1.90. The van der Waals surface area contributed by atoms with Gasteiger partial charge in [0.05, 0.1) is 24.7 Å². The largest absolute Gasteiger partial charge is 0.370 e. The minimum Gasteiger partial charge on any atom is -0.370 e. The number of hydrogen-bond donors (Lipinski definition) is 1. The van der Waals surface area contributed by atoms with Crippen LogP contribution in [0.25, 0.3) is 16.9 Å². The van der Waals surface area contributed by atoms with Crippen LogP contribution in [0.3, 0.4) is 0 Å². The van der Waals surface area contributed by atoms with Crippen LogP contribution in [-0.4, -0.2) is 49.5 Å². The summed E-state index contributed by atoms with van der Waals surface area (Å²) < 4.78 is 33.4. The molecule has 5 heterocycles. The molecule has 0 spiro atoms. The molecule has 10 heteroatoms. The van der Waals surface area contributed by atoms with E-state index in [4.69, 9.17) is 4.74 Å². The van der Waals surface area contributed by atoms with Gasteiger partial charge in [-0.05, 0) is 24.3 Å². The number of pyridine rings is 1. The number of aromatic nitrogens is 6. The number of H-pyrrole nitrogens is 1. The number of nitrogens with zero attached hydrogens (tertiary/aromatic N) is 6. The number of imidazole rings is 1. The van der Waals surface area contributed by atoms with Crippen molar-refractivity contribution >= 4 is 11.5 Å². The molecule has 0 radical (unpaired) electrons. The van der Waals surface area contributed by atoms with Crippen LogP contribution in [0, 0.1) is 0 Å². The molecule has 1 fully saturated rings. The predicted molar refractivity (Wildman–Crippen MR) is 101 cm³/mol. The molecular weight excluding hydrogens is 380 g/mol. The smallest absolute Gasteiger partial charge is 0.282 e. The first kappa shape index (κ1) is 17.7. The minimum absolute atomic E-state index is 0.0981. The monoisotopic (exact) mass is 397 g/mol. The zero-order chi connectivity index (χ0) is 19.8. The number of fused-ring (bicyclic) bond motifs is 1. The van der Waals surface area contributed by atoms with Crippen molar-refractivity contribution in [1.82, 2.24) is 29.8 Å². The summed E-state index contributed by atoms with van der Waals surface area (Å²) in [4.78, 5) is 10.9. The van der Waals surface area contributed by atoms with E-state index in [9.17, 15) is 8.78 Å². The Hall–Kier alpha value is -3.40. The second kappa shape index (κ2) is 7.21. The Bertz CT molecular complexity index is 1130. The van der Waals surface area contributed by atoms with Gasteiger partial charge in [-0.1, -0.05) is 0 Å². The van der Waals surface area contributed by atoms with Crippen molar-refractivity contribution in [3.05, 3.63) is 60.3 Å². The van der Waals surface area contributed by atoms with Crippen molar-refractivity contribution < 1.29 is 13.5 Å². The molecule has 1 unspecified atom stereocenters. The van der Waals surface area contributed by atoms with Crippen molar-refractivity contribution in [1.29, 1.82) is 0 Å². The lowest BCUT2D eigenvalue weighted by Crippen LogP contribution is -2.38. The van der Waals surface area contributed by atoms with Gasteiger partial charge in [-0.2, -0.15) is 10.2 Å². The zero-order valence-corrected chi connectivity index (χ0v) is 15.2. The van der Waals surface area contributed by atoms with Crippen molar-refractivity contribution in [3.63, 3.8) is 0 Å². The Morgan fingerprint density at radius 2 is 2.10 bits per heavy atom. The number of morpholine rings is 1. The first-order chi connectivity index (χ1) is 14.2. The van der Waals surface area contributed by atoms with E-state index in [1.807, 2.05) is 18.3 Å². The van der Waals surface area contributed by atoms with Crippen LogP contribution in [0.15, 0.2) is 49.1 Å². The van der Waals surface area contributed by atoms with Crippen LogP contribution in [0.5, 0.6) is 0 Å². The average molecular weight is 397 g/mol. The van der Waals surface area contributed by atoms with Crippen molar-refractivity contribution in [2.45, 2.75) is 12.5 Å². The Labute approximate surface area is 164 Å². The summed E-state index contributed by atoms with van der Waals surface area (Å²) in [5, 5.41) is 10.8. The van der Waals surface area contributed by atoms with Gasteiger partial charge in [0, 0.05) is 36.6 Å². The van der Waals surface area contributed by atoms with Crippen LogP contribution in [0.1, 0.15) is 23.8 Å². The SMILES string of the molecule is FC(F)c1ccc2ncc(-c3ccnc(N4CCOC(c5cn[nH]c5)C4)c3)n2n1. The van der Waals surface area contributed by atoms with Gasteiger partial charge >= 0.3 is 0 Å². The van der Waals surface area contributed by atoms with E-state index in [2.05, 4.69) is 30.2 Å². The molecule has 8 nitrogen and oxygen atoms in total. The van der Waals surface area contributed by atoms with Gasteiger partial charge in [-0.25, -0.2) is 23.3 Å². The first-order valence-electron chi connectivity index (χ1n) is 9.13. The maximum absolute atomic E-state index is 13.1. The van der Waals surface area contributed by atoms with E-state index in [0.29, 0.717) is 31.0 Å². The number of hydrogen-bond acceptors (Lipinski definition) is 6. The topological polar surface area (TPSA) is 84.2 Å². The number of ether oxygens (including phenoxy) is 1. The summed E-state index contributed by atoms with van der Waals surface area (Å²) in [6.07, 6.45) is 4.16. The molecule has 1 atom stereocenters. The van der Waals surface area contributed by atoms with Crippen molar-refractivity contribution in [2.24, 2.45) is 0 Å². The zero-order valence-electron chi connectivity index (χ0n) is 15.2. The third-order valence-corrected chi connectivity index (χ3v) is 4.93. The lowest BCUT2D eigenvalue weighted by atomic mass is 10.1. The molecule has 4 aromatic rings. The minimum atomic E-state index is -2.64. The van der Waals surface area contributed by atoms with Crippen molar-refractivity contribution in [2.75, 3.05) is 24.6 Å². The highest BCUT2D eigenvalue weighted by Crippen LogP contribution is 2.28. The van der Waals surface area contributed by atoms with E-state index < -0.39 is 6.43 Å². The number of halogens is 2. The van der Waals surface area contributed by atoms with Gasteiger partial charge < -0.3 is 9.64 Å². The molecule has 0 aromatic carbocycles. The molecule has 0 bridgehead atoms. The van der Waals surface area contributed by atoms with Gasteiger partial charge in [-0.3, -0.25) is 5.10 Å². The second-order valence-corrected chi connectivity index (χ2v) is 6.71. The number of alkyl halides is 2. The summed E-state index contributed by atoms with van der Waals surface area (Å²) in [6, 6.07) is 6.56. The summed E-state index contributed by atoms with van der Waals surface area (Å²) in [5.41, 5.74) is 2.63. The molecule has 1 N–H and O–H groups in total. The number of nitrogens with one attached hydrogen (secondary N) is 1. The molecule has 0 aliphatic carbocycles. The van der Waals surface area contributed by atoms with Gasteiger partial charge in [0.1, 0.15) is 17.6 Å². The molecule has 5 rings (SSSR count). The van der Waals surface area contributed by atoms with Gasteiger partial charge in [0.25, 0.3) is 6.43 Å². The van der Waals surface area contributed by atoms with Gasteiger partial charge in [-0.15, -0.1) is 0 Å². The van der Waals surface area contributed by atoms with Crippen molar-refractivity contribution in [3.8, 4) is 11.3 Å². The summed E-state index contributed by atoms with van der Waals surface area (Å²) in [5.74, 6) is 0.777. The van der Waals surface area contributed by atoms with Crippen LogP contribution in [0.2, 0.25) is 0 Å². The third-order valence-electron chi connectivity index (χ3n) is 4.93. The van der Waals surface area contributed by atoms with Gasteiger partial charge in [0.2, 0.25) is 0 Å². The molecule has 148 valence electrons. The Kier molecular flexibility index (Phi) is 4.39. The lowest BCUT2D eigenvalue weighted by molar-refractivity contribution is 0.0395. The second-order valence-electron chi connectivity index (χ2n) is 6.71. The quantitative estimate of drug-likeness (QED) is 0.570. The highest BCUT2D eigenvalue weighted by atomic mass is 19.3. The Morgan fingerprint density at radius 3 is 2.93 bits per heavy atom. The van der Waals surface area contributed by atoms with Crippen LogP contribution < -0.4 is 4.90 Å². The average Bonchev–Trinajstić information content (AvgIpc) is 3.43. The molecule has 1 saturated heterocycles. The van der Waals surface area contributed by atoms with Crippen LogP contribution in [0.4, 0.5) is 14.6 Å². The predicted octanol–water partition coefficient (Wildman–Crippen LogP) is 3.03. The molecule has 0 amide bonds. The normalized spacial score (nSPS) is 17.3. The highest BCUT2D eigenvalue weighted by Gasteiger charge is 2.24. The summed E-state index contributed by atoms with van der Waals surface area (Å²) in [7, 11) is 0.